The molecule has 1 aromatic carbocycles. The first-order valence-corrected chi connectivity index (χ1v) is 10.4. The fraction of sp³-hybridized carbons (Fsp3) is 0.286. The molecule has 2 aromatic heterocycles. The highest BCUT2D eigenvalue weighted by Gasteiger charge is 2.25. The zero-order valence-electron chi connectivity index (χ0n) is 15.2. The first-order valence-electron chi connectivity index (χ1n) is 9.22. The molecule has 4 nitrogen and oxygen atoms in total. The Bertz CT molecular complexity index is 948. The Hall–Kier alpha value is -2.24. The van der Waals surface area contributed by atoms with E-state index >= 15 is 0 Å². The number of anilines is 1. The molecule has 27 heavy (non-hydrogen) atoms. The average Bonchev–Trinajstić information content (AvgIpc) is 3.29. The molecule has 0 aliphatic heterocycles. The summed E-state index contributed by atoms with van der Waals surface area (Å²) >= 11 is 7.85. The van der Waals surface area contributed by atoms with Crippen LogP contribution in [0.1, 0.15) is 41.8 Å². The lowest BCUT2D eigenvalue weighted by Gasteiger charge is -2.20. The maximum Gasteiger partial charge on any atom is 0.319 e. The first kappa shape index (κ1) is 18.1. The highest BCUT2D eigenvalue weighted by Crippen LogP contribution is 2.40. The number of nitrogens with zero attached hydrogens (tertiary/aromatic N) is 1. The van der Waals surface area contributed by atoms with Crippen LogP contribution in [0.15, 0.2) is 48.8 Å². The zero-order chi connectivity index (χ0) is 18.8. The van der Waals surface area contributed by atoms with Crippen molar-refractivity contribution in [3.8, 4) is 5.00 Å². The van der Waals surface area contributed by atoms with E-state index in [1.165, 1.54) is 33.8 Å². The van der Waals surface area contributed by atoms with Crippen LogP contribution in [0, 0.1) is 0 Å². The van der Waals surface area contributed by atoms with Crippen molar-refractivity contribution < 1.29 is 4.79 Å². The molecule has 1 aliphatic carbocycles. The summed E-state index contributed by atoms with van der Waals surface area (Å²) in [7, 11) is 0. The minimum absolute atomic E-state index is 0.0836. The van der Waals surface area contributed by atoms with Gasteiger partial charge in [-0.2, -0.15) is 0 Å². The second-order valence-corrected chi connectivity index (χ2v) is 8.37. The van der Waals surface area contributed by atoms with Crippen molar-refractivity contribution in [1.82, 2.24) is 9.88 Å². The minimum Gasteiger partial charge on any atom is -0.331 e. The number of urea groups is 1. The van der Waals surface area contributed by atoms with E-state index in [0.717, 1.165) is 12.8 Å². The van der Waals surface area contributed by atoms with E-state index in [1.54, 1.807) is 12.1 Å². The third kappa shape index (κ3) is 3.89. The van der Waals surface area contributed by atoms with Gasteiger partial charge in [0, 0.05) is 33.5 Å². The number of fused-ring (bicyclic) bond motifs is 1. The van der Waals surface area contributed by atoms with Gasteiger partial charge < -0.3 is 15.2 Å². The standard InChI is InChI=1S/C21H22ClN3OS/c1-14(23-21(26)24-16-8-6-7-15(22)13-16)19-17-9-2-3-10-18(17)27-20(19)25-11-4-5-12-25/h4-8,11-14H,2-3,9-10H2,1H3,(H2,23,24,26)/t14-/m0/s1. The predicted octanol–water partition coefficient (Wildman–Crippen LogP) is 5.95. The van der Waals surface area contributed by atoms with E-state index < -0.39 is 0 Å². The molecule has 0 saturated heterocycles. The van der Waals surface area contributed by atoms with Gasteiger partial charge in [-0.05, 0) is 68.5 Å². The Morgan fingerprint density at radius 1 is 1.19 bits per heavy atom. The highest BCUT2D eigenvalue weighted by molar-refractivity contribution is 7.15. The van der Waals surface area contributed by atoms with Crippen molar-refractivity contribution in [2.45, 2.75) is 38.6 Å². The van der Waals surface area contributed by atoms with Crippen LogP contribution < -0.4 is 10.6 Å². The van der Waals surface area contributed by atoms with Crippen LogP contribution in [0.5, 0.6) is 0 Å². The lowest BCUT2D eigenvalue weighted by atomic mass is 9.93. The molecule has 3 aromatic rings. The van der Waals surface area contributed by atoms with Crippen LogP contribution in [0.3, 0.4) is 0 Å². The molecule has 6 heteroatoms. The smallest absolute Gasteiger partial charge is 0.319 e. The molecule has 0 bridgehead atoms. The van der Waals surface area contributed by atoms with Crippen molar-refractivity contribution in [1.29, 1.82) is 0 Å². The minimum atomic E-state index is -0.223. The highest BCUT2D eigenvalue weighted by atomic mass is 35.5. The Morgan fingerprint density at radius 3 is 2.74 bits per heavy atom. The number of nitrogens with one attached hydrogen (secondary N) is 2. The van der Waals surface area contributed by atoms with Gasteiger partial charge in [-0.15, -0.1) is 11.3 Å². The summed E-state index contributed by atoms with van der Waals surface area (Å²) in [5, 5.41) is 7.79. The Labute approximate surface area is 168 Å². The molecule has 0 unspecified atom stereocenters. The van der Waals surface area contributed by atoms with Crippen molar-refractivity contribution in [2.75, 3.05) is 5.32 Å². The van der Waals surface area contributed by atoms with Crippen molar-refractivity contribution in [3.63, 3.8) is 0 Å². The number of aromatic nitrogens is 1. The van der Waals surface area contributed by atoms with Crippen molar-refractivity contribution in [3.05, 3.63) is 69.8 Å². The molecule has 1 atom stereocenters. The summed E-state index contributed by atoms with van der Waals surface area (Å²) in [5.74, 6) is 0. The van der Waals surface area contributed by atoms with Crippen molar-refractivity contribution >= 4 is 34.7 Å². The largest absolute Gasteiger partial charge is 0.331 e. The quantitative estimate of drug-likeness (QED) is 0.559. The number of carbonyl (C=O) groups excluding carboxylic acids is 1. The van der Waals surface area contributed by atoms with Gasteiger partial charge in [0.1, 0.15) is 5.00 Å². The summed E-state index contributed by atoms with van der Waals surface area (Å²) in [4.78, 5) is 14.0. The van der Waals surface area contributed by atoms with E-state index in [0.29, 0.717) is 10.7 Å². The molecule has 4 rings (SSSR count). The Morgan fingerprint density at radius 2 is 1.96 bits per heavy atom. The second-order valence-electron chi connectivity index (χ2n) is 6.85. The zero-order valence-corrected chi connectivity index (χ0v) is 16.7. The topological polar surface area (TPSA) is 46.1 Å². The second kappa shape index (κ2) is 7.79. The summed E-state index contributed by atoms with van der Waals surface area (Å²) in [6.45, 7) is 2.06. The van der Waals surface area contributed by atoms with Gasteiger partial charge in [0.05, 0.1) is 6.04 Å². The molecule has 2 N–H and O–H groups in total. The summed E-state index contributed by atoms with van der Waals surface area (Å²) in [6.07, 6.45) is 8.82. The number of benzene rings is 1. The van der Waals surface area contributed by atoms with Crippen LogP contribution in [-0.2, 0) is 12.8 Å². The van der Waals surface area contributed by atoms with Gasteiger partial charge >= 0.3 is 6.03 Å². The lowest BCUT2D eigenvalue weighted by Crippen LogP contribution is -2.32. The molecular weight excluding hydrogens is 378 g/mol. The van der Waals surface area contributed by atoms with Crippen LogP contribution in [0.4, 0.5) is 10.5 Å². The number of amides is 2. The molecule has 0 fully saturated rings. The van der Waals surface area contributed by atoms with E-state index in [9.17, 15) is 4.79 Å². The van der Waals surface area contributed by atoms with Crippen LogP contribution in [0.2, 0.25) is 5.02 Å². The first-order chi connectivity index (χ1) is 13.1. The number of hydrogen-bond acceptors (Lipinski definition) is 2. The van der Waals surface area contributed by atoms with E-state index in [4.69, 9.17) is 11.6 Å². The summed E-state index contributed by atoms with van der Waals surface area (Å²) in [6, 6.07) is 10.9. The van der Waals surface area contributed by atoms with E-state index in [1.807, 2.05) is 35.6 Å². The number of halogens is 1. The molecule has 0 spiro atoms. The number of hydrogen-bond donors (Lipinski definition) is 2. The number of carbonyl (C=O) groups is 1. The Balaban J connectivity index is 1.58. The normalized spacial score (nSPS) is 14.4. The molecular formula is C21H22ClN3OS. The van der Waals surface area contributed by atoms with Crippen LogP contribution in [0.25, 0.3) is 5.00 Å². The van der Waals surface area contributed by atoms with Gasteiger partial charge in [-0.3, -0.25) is 0 Å². The average molecular weight is 400 g/mol. The molecule has 2 amide bonds. The molecule has 140 valence electrons. The van der Waals surface area contributed by atoms with Gasteiger partial charge in [0.2, 0.25) is 0 Å². The third-order valence-corrected chi connectivity index (χ3v) is 6.45. The SMILES string of the molecule is C[C@H](NC(=O)Nc1cccc(Cl)c1)c1c(-n2cccc2)sc2c1CCCC2. The number of rotatable bonds is 4. The van der Waals surface area contributed by atoms with Crippen LogP contribution in [-0.4, -0.2) is 10.6 Å². The van der Waals surface area contributed by atoms with Gasteiger partial charge in [-0.1, -0.05) is 17.7 Å². The summed E-state index contributed by atoms with van der Waals surface area (Å²) in [5.41, 5.74) is 3.35. The van der Waals surface area contributed by atoms with E-state index in [-0.39, 0.29) is 12.1 Å². The lowest BCUT2D eigenvalue weighted by molar-refractivity contribution is 0.249. The maximum atomic E-state index is 12.5. The fourth-order valence-electron chi connectivity index (χ4n) is 3.69. The molecule has 0 radical (unpaired) electrons. The van der Waals surface area contributed by atoms with Gasteiger partial charge in [-0.25, -0.2) is 4.79 Å². The molecule has 1 aliphatic rings. The van der Waals surface area contributed by atoms with E-state index in [2.05, 4.69) is 34.5 Å². The number of thiophene rings is 1. The summed E-state index contributed by atoms with van der Waals surface area (Å²) < 4.78 is 2.16. The molecule has 0 saturated carbocycles. The third-order valence-electron chi connectivity index (χ3n) is 4.89. The predicted molar refractivity (Wildman–Crippen MR) is 112 cm³/mol. The fourth-order valence-corrected chi connectivity index (χ4v) is 5.33. The monoisotopic (exact) mass is 399 g/mol. The molecule has 2 heterocycles. The van der Waals surface area contributed by atoms with Gasteiger partial charge in [0.15, 0.2) is 0 Å². The van der Waals surface area contributed by atoms with Gasteiger partial charge in [0.25, 0.3) is 0 Å². The Kier molecular flexibility index (Phi) is 5.23. The van der Waals surface area contributed by atoms with Crippen molar-refractivity contribution in [2.24, 2.45) is 0 Å². The maximum absolute atomic E-state index is 12.5. The van der Waals surface area contributed by atoms with Crippen LogP contribution >= 0.6 is 22.9 Å². The number of aryl methyl sites for hydroxylation is 1.